The number of benzene rings is 3. The van der Waals surface area contributed by atoms with E-state index in [4.69, 9.17) is 21.1 Å². The van der Waals surface area contributed by atoms with Crippen LogP contribution in [0.5, 0.6) is 11.5 Å². The summed E-state index contributed by atoms with van der Waals surface area (Å²) in [6, 6.07) is 19.8. The highest BCUT2D eigenvalue weighted by Gasteiger charge is 2.39. The van der Waals surface area contributed by atoms with E-state index in [1.807, 2.05) is 31.2 Å². The molecular weight excluding hydrogens is 440 g/mol. The third kappa shape index (κ3) is 4.56. The summed E-state index contributed by atoms with van der Waals surface area (Å²) in [6.45, 7) is 2.15. The predicted molar refractivity (Wildman–Crippen MR) is 128 cm³/mol. The van der Waals surface area contributed by atoms with Gasteiger partial charge in [-0.2, -0.15) is 0 Å². The van der Waals surface area contributed by atoms with Crippen molar-refractivity contribution in [3.63, 3.8) is 0 Å². The zero-order valence-electron chi connectivity index (χ0n) is 18.5. The van der Waals surface area contributed by atoms with Crippen molar-refractivity contribution in [2.45, 2.75) is 13.5 Å². The Bertz CT molecular complexity index is 1230. The molecule has 0 saturated carbocycles. The molecule has 1 aliphatic rings. The fourth-order valence-corrected chi connectivity index (χ4v) is 3.77. The molecule has 168 valence electrons. The molecule has 3 aromatic rings. The van der Waals surface area contributed by atoms with E-state index < -0.39 is 5.91 Å². The van der Waals surface area contributed by atoms with Crippen molar-refractivity contribution >= 4 is 34.7 Å². The Hall–Kier alpha value is -3.77. The molecule has 0 bridgehead atoms. The first-order valence-corrected chi connectivity index (χ1v) is 10.7. The van der Waals surface area contributed by atoms with Gasteiger partial charge in [0.05, 0.1) is 32.0 Å². The summed E-state index contributed by atoms with van der Waals surface area (Å²) >= 11 is 6.05. The zero-order valence-corrected chi connectivity index (χ0v) is 19.3. The smallest absolute Gasteiger partial charge is 0.278 e. The van der Waals surface area contributed by atoms with Crippen molar-refractivity contribution in [1.29, 1.82) is 0 Å². The number of amides is 2. The molecule has 0 fully saturated rings. The lowest BCUT2D eigenvalue weighted by atomic mass is 10.0. The molecule has 33 heavy (non-hydrogen) atoms. The van der Waals surface area contributed by atoms with Crippen LogP contribution in [0.3, 0.4) is 0 Å². The quantitative estimate of drug-likeness (QED) is 0.497. The maximum atomic E-state index is 13.5. The second-order valence-corrected chi connectivity index (χ2v) is 8.07. The van der Waals surface area contributed by atoms with E-state index in [1.165, 1.54) is 12.0 Å². The number of ether oxygens (including phenoxy) is 2. The summed E-state index contributed by atoms with van der Waals surface area (Å²) in [6.07, 6.45) is 0. The van der Waals surface area contributed by atoms with E-state index in [9.17, 15) is 9.59 Å². The molecule has 0 spiro atoms. The standard InChI is InChI=1S/C26H23ClN2O4/c1-16-4-6-17(7-5-16)15-29-25(30)23(18-8-10-19(27)11-9-18)24(26(29)31)28-21-14-20(32-2)12-13-22(21)33-3/h4-14,28H,15H2,1-3H3. The zero-order chi connectivity index (χ0) is 23.5. The topological polar surface area (TPSA) is 67.9 Å². The molecule has 4 rings (SSSR count). The van der Waals surface area contributed by atoms with E-state index in [0.717, 1.165) is 11.1 Å². The van der Waals surface area contributed by atoms with E-state index in [0.29, 0.717) is 27.8 Å². The van der Waals surface area contributed by atoms with Crippen molar-refractivity contribution in [2.75, 3.05) is 19.5 Å². The highest BCUT2D eigenvalue weighted by Crippen LogP contribution is 2.36. The van der Waals surface area contributed by atoms with Crippen molar-refractivity contribution in [1.82, 2.24) is 4.90 Å². The average molecular weight is 463 g/mol. The number of hydrogen-bond donors (Lipinski definition) is 1. The minimum atomic E-state index is -0.421. The molecule has 2 amide bonds. The van der Waals surface area contributed by atoms with E-state index in [-0.39, 0.29) is 23.7 Å². The van der Waals surface area contributed by atoms with Gasteiger partial charge in [0.1, 0.15) is 17.2 Å². The predicted octanol–water partition coefficient (Wildman–Crippen LogP) is 5.06. The maximum absolute atomic E-state index is 13.5. The minimum absolute atomic E-state index is 0.162. The van der Waals surface area contributed by atoms with Crippen LogP contribution in [0, 0.1) is 6.92 Å². The van der Waals surface area contributed by atoms with Crippen LogP contribution >= 0.6 is 11.6 Å². The van der Waals surface area contributed by atoms with Crippen molar-refractivity contribution < 1.29 is 19.1 Å². The Balaban J connectivity index is 1.77. The summed E-state index contributed by atoms with van der Waals surface area (Å²) in [4.78, 5) is 28.2. The SMILES string of the molecule is COc1ccc(OC)c(NC2=C(c3ccc(Cl)cc3)C(=O)N(Cc3ccc(C)cc3)C2=O)c1. The van der Waals surface area contributed by atoms with Gasteiger partial charge in [0, 0.05) is 11.1 Å². The number of nitrogens with one attached hydrogen (secondary N) is 1. The van der Waals surface area contributed by atoms with Crippen LogP contribution in [0.15, 0.2) is 72.4 Å². The number of imide groups is 1. The molecule has 1 heterocycles. The maximum Gasteiger partial charge on any atom is 0.278 e. The summed E-state index contributed by atoms with van der Waals surface area (Å²) in [7, 11) is 3.09. The van der Waals surface area contributed by atoms with Crippen molar-refractivity contribution in [3.05, 3.63) is 94.1 Å². The number of aryl methyl sites for hydroxylation is 1. The number of halogens is 1. The molecule has 3 aromatic carbocycles. The van der Waals surface area contributed by atoms with Gasteiger partial charge in [-0.3, -0.25) is 14.5 Å². The van der Waals surface area contributed by atoms with Gasteiger partial charge in [0.2, 0.25) is 0 Å². The van der Waals surface area contributed by atoms with Crippen LogP contribution in [-0.4, -0.2) is 30.9 Å². The van der Waals surface area contributed by atoms with Gasteiger partial charge in [-0.1, -0.05) is 53.6 Å². The highest BCUT2D eigenvalue weighted by molar-refractivity contribution is 6.36. The molecule has 6 nitrogen and oxygen atoms in total. The first-order chi connectivity index (χ1) is 15.9. The van der Waals surface area contributed by atoms with Gasteiger partial charge in [-0.25, -0.2) is 0 Å². The Labute approximate surface area is 197 Å². The molecule has 1 aliphatic heterocycles. The Morgan fingerprint density at radius 1 is 0.879 bits per heavy atom. The molecule has 7 heteroatoms. The van der Waals surface area contributed by atoms with Crippen LogP contribution in [0.1, 0.15) is 16.7 Å². The second kappa shape index (κ2) is 9.38. The van der Waals surface area contributed by atoms with Crippen LogP contribution in [0.4, 0.5) is 5.69 Å². The monoisotopic (exact) mass is 462 g/mol. The molecule has 1 N–H and O–H groups in total. The van der Waals surface area contributed by atoms with Crippen LogP contribution in [-0.2, 0) is 16.1 Å². The number of carbonyl (C=O) groups is 2. The Morgan fingerprint density at radius 3 is 2.21 bits per heavy atom. The van der Waals surface area contributed by atoms with Crippen molar-refractivity contribution in [2.24, 2.45) is 0 Å². The number of methoxy groups -OCH3 is 2. The first kappa shape index (κ1) is 22.4. The molecule has 0 unspecified atom stereocenters. The fourth-order valence-electron chi connectivity index (χ4n) is 3.64. The minimum Gasteiger partial charge on any atom is -0.497 e. The molecule has 0 aliphatic carbocycles. The lowest BCUT2D eigenvalue weighted by molar-refractivity contribution is -0.137. The number of carbonyl (C=O) groups excluding carboxylic acids is 2. The Morgan fingerprint density at radius 2 is 1.58 bits per heavy atom. The van der Waals surface area contributed by atoms with E-state index in [2.05, 4.69) is 5.32 Å². The van der Waals surface area contributed by atoms with Crippen LogP contribution in [0.25, 0.3) is 5.57 Å². The lowest BCUT2D eigenvalue weighted by Gasteiger charge is -2.16. The summed E-state index contributed by atoms with van der Waals surface area (Å²) in [5, 5.41) is 3.67. The molecule has 0 saturated heterocycles. The Kier molecular flexibility index (Phi) is 6.38. The third-order valence-corrected chi connectivity index (χ3v) is 5.68. The highest BCUT2D eigenvalue weighted by atomic mass is 35.5. The molecule has 0 atom stereocenters. The third-order valence-electron chi connectivity index (χ3n) is 5.43. The second-order valence-electron chi connectivity index (χ2n) is 7.63. The van der Waals surface area contributed by atoms with Crippen LogP contribution in [0.2, 0.25) is 5.02 Å². The number of nitrogens with zero attached hydrogens (tertiary/aromatic N) is 1. The lowest BCUT2D eigenvalue weighted by Crippen LogP contribution is -2.32. The van der Waals surface area contributed by atoms with E-state index >= 15 is 0 Å². The first-order valence-electron chi connectivity index (χ1n) is 10.3. The fraction of sp³-hybridized carbons (Fsp3) is 0.154. The molecular formula is C26H23ClN2O4. The van der Waals surface area contributed by atoms with Crippen LogP contribution < -0.4 is 14.8 Å². The molecule has 0 aromatic heterocycles. The normalized spacial score (nSPS) is 13.5. The number of rotatable bonds is 7. The van der Waals surface area contributed by atoms with Gasteiger partial charge < -0.3 is 14.8 Å². The average Bonchev–Trinajstić information content (AvgIpc) is 3.05. The molecule has 0 radical (unpaired) electrons. The van der Waals surface area contributed by atoms with Gasteiger partial charge >= 0.3 is 0 Å². The largest absolute Gasteiger partial charge is 0.497 e. The van der Waals surface area contributed by atoms with E-state index in [1.54, 1.807) is 49.6 Å². The summed E-state index contributed by atoms with van der Waals surface area (Å²) in [5.41, 5.74) is 3.50. The van der Waals surface area contributed by atoms with Gasteiger partial charge in [0.15, 0.2) is 0 Å². The van der Waals surface area contributed by atoms with Gasteiger partial charge in [-0.15, -0.1) is 0 Å². The van der Waals surface area contributed by atoms with Crippen molar-refractivity contribution in [3.8, 4) is 11.5 Å². The van der Waals surface area contributed by atoms with Gasteiger partial charge in [-0.05, 0) is 42.3 Å². The summed E-state index contributed by atoms with van der Waals surface area (Å²) in [5.74, 6) is 0.291. The van der Waals surface area contributed by atoms with Gasteiger partial charge in [0.25, 0.3) is 11.8 Å². The number of anilines is 1. The number of hydrogen-bond acceptors (Lipinski definition) is 5. The summed E-state index contributed by atoms with van der Waals surface area (Å²) < 4.78 is 10.8.